The number of para-hydroxylation sites is 1. The number of rotatable bonds is 4. The first-order valence-electron chi connectivity index (χ1n) is 6.79. The molecule has 0 aliphatic carbocycles. The lowest BCUT2D eigenvalue weighted by atomic mass is 10.1. The highest BCUT2D eigenvalue weighted by atomic mass is 16.2. The molecule has 0 unspecified atom stereocenters. The Bertz CT molecular complexity index is 510. The Morgan fingerprint density at radius 2 is 1.90 bits per heavy atom. The highest BCUT2D eigenvalue weighted by Crippen LogP contribution is 2.23. The molecule has 6 nitrogen and oxygen atoms in total. The van der Waals surface area contributed by atoms with Gasteiger partial charge in [-0.3, -0.25) is 9.59 Å². The summed E-state index contributed by atoms with van der Waals surface area (Å²) in [5.41, 5.74) is 12.3. The maximum absolute atomic E-state index is 12.1. The van der Waals surface area contributed by atoms with Crippen LogP contribution in [-0.4, -0.2) is 36.3 Å². The van der Waals surface area contributed by atoms with Crippen molar-refractivity contribution in [2.45, 2.75) is 19.3 Å². The number of piperidine rings is 1. The number of amides is 2. The van der Waals surface area contributed by atoms with Crippen LogP contribution in [0.2, 0.25) is 0 Å². The van der Waals surface area contributed by atoms with Crippen LogP contribution in [0.1, 0.15) is 29.6 Å². The summed E-state index contributed by atoms with van der Waals surface area (Å²) < 4.78 is 0. The Balaban J connectivity index is 2.03. The molecule has 0 spiro atoms. The minimum atomic E-state index is -0.565. The van der Waals surface area contributed by atoms with Gasteiger partial charge in [0.15, 0.2) is 0 Å². The number of carbonyl (C=O) groups excluding carboxylic acids is 2. The second-order valence-electron chi connectivity index (χ2n) is 4.93. The van der Waals surface area contributed by atoms with Gasteiger partial charge in [0.1, 0.15) is 0 Å². The summed E-state index contributed by atoms with van der Waals surface area (Å²) in [6, 6.07) is 4.92. The first-order chi connectivity index (χ1) is 9.59. The molecule has 0 saturated carbocycles. The van der Waals surface area contributed by atoms with Crippen molar-refractivity contribution in [3.63, 3.8) is 0 Å². The van der Waals surface area contributed by atoms with Gasteiger partial charge in [0.05, 0.1) is 23.5 Å². The normalized spacial score (nSPS) is 14.9. The van der Waals surface area contributed by atoms with Crippen LogP contribution < -0.4 is 16.8 Å². The smallest absolute Gasteiger partial charge is 0.250 e. The van der Waals surface area contributed by atoms with Crippen LogP contribution in [0.15, 0.2) is 18.2 Å². The summed E-state index contributed by atoms with van der Waals surface area (Å²) in [6.45, 7) is 1.72. The third-order valence-electron chi connectivity index (χ3n) is 3.49. The van der Waals surface area contributed by atoms with Crippen LogP contribution in [0.4, 0.5) is 11.4 Å². The summed E-state index contributed by atoms with van der Waals surface area (Å²) in [6.07, 6.45) is 3.27. The van der Waals surface area contributed by atoms with Gasteiger partial charge in [-0.15, -0.1) is 0 Å². The maximum Gasteiger partial charge on any atom is 0.250 e. The quantitative estimate of drug-likeness (QED) is 0.708. The van der Waals surface area contributed by atoms with E-state index in [0.29, 0.717) is 16.9 Å². The van der Waals surface area contributed by atoms with Gasteiger partial charge in [0.25, 0.3) is 5.91 Å². The summed E-state index contributed by atoms with van der Waals surface area (Å²) in [5, 5.41) is 2.94. The first kappa shape index (κ1) is 14.2. The Morgan fingerprint density at radius 1 is 1.20 bits per heavy atom. The predicted molar refractivity (Wildman–Crippen MR) is 78.3 cm³/mol. The van der Waals surface area contributed by atoms with E-state index in [1.54, 1.807) is 18.2 Å². The molecule has 1 heterocycles. The average molecular weight is 276 g/mol. The molecule has 1 saturated heterocycles. The van der Waals surface area contributed by atoms with Gasteiger partial charge in [-0.05, 0) is 31.4 Å². The van der Waals surface area contributed by atoms with Crippen molar-refractivity contribution in [2.75, 3.05) is 30.7 Å². The maximum atomic E-state index is 12.1. The van der Waals surface area contributed by atoms with E-state index in [-0.39, 0.29) is 12.5 Å². The summed E-state index contributed by atoms with van der Waals surface area (Å²) in [4.78, 5) is 25.3. The Morgan fingerprint density at radius 3 is 2.55 bits per heavy atom. The van der Waals surface area contributed by atoms with Gasteiger partial charge in [0, 0.05) is 13.1 Å². The van der Waals surface area contributed by atoms with Crippen LogP contribution in [0, 0.1) is 0 Å². The lowest BCUT2D eigenvalue weighted by molar-refractivity contribution is -0.130. The van der Waals surface area contributed by atoms with Gasteiger partial charge in [-0.25, -0.2) is 0 Å². The number of hydrogen-bond acceptors (Lipinski definition) is 4. The van der Waals surface area contributed by atoms with E-state index < -0.39 is 5.91 Å². The monoisotopic (exact) mass is 276 g/mol. The molecule has 0 radical (unpaired) electrons. The van der Waals surface area contributed by atoms with Gasteiger partial charge >= 0.3 is 0 Å². The fraction of sp³-hybridized carbons (Fsp3) is 0.429. The third-order valence-corrected chi connectivity index (χ3v) is 3.49. The second kappa shape index (κ2) is 6.27. The van der Waals surface area contributed by atoms with Crippen molar-refractivity contribution < 1.29 is 9.59 Å². The number of hydrogen-bond donors (Lipinski definition) is 3. The van der Waals surface area contributed by atoms with E-state index in [9.17, 15) is 9.59 Å². The zero-order valence-electron chi connectivity index (χ0n) is 11.4. The van der Waals surface area contributed by atoms with E-state index >= 15 is 0 Å². The Labute approximate surface area is 118 Å². The van der Waals surface area contributed by atoms with Crippen molar-refractivity contribution in [2.24, 2.45) is 5.73 Å². The number of anilines is 2. The third kappa shape index (κ3) is 3.20. The molecule has 1 fully saturated rings. The minimum absolute atomic E-state index is 0.0170. The molecule has 1 aromatic carbocycles. The summed E-state index contributed by atoms with van der Waals surface area (Å²) in [5.74, 6) is -0.548. The van der Waals surface area contributed by atoms with Gasteiger partial charge in [-0.2, -0.15) is 0 Å². The van der Waals surface area contributed by atoms with Crippen molar-refractivity contribution in [3.05, 3.63) is 23.8 Å². The Kier molecular flexibility index (Phi) is 4.45. The van der Waals surface area contributed by atoms with E-state index in [1.807, 2.05) is 4.90 Å². The van der Waals surface area contributed by atoms with Crippen LogP contribution in [0.5, 0.6) is 0 Å². The lowest BCUT2D eigenvalue weighted by Crippen LogP contribution is -2.39. The number of likely N-dealkylation sites (tertiary alicyclic amines) is 1. The highest BCUT2D eigenvalue weighted by molar-refractivity contribution is 6.01. The molecule has 2 rings (SSSR count). The van der Waals surface area contributed by atoms with Crippen LogP contribution >= 0.6 is 0 Å². The van der Waals surface area contributed by atoms with E-state index in [0.717, 1.165) is 25.9 Å². The van der Waals surface area contributed by atoms with Crippen molar-refractivity contribution in [3.8, 4) is 0 Å². The standard InChI is InChI=1S/C14H20N4O2/c15-11-6-4-5-10(14(16)20)13(11)17-9-12(19)18-7-2-1-3-8-18/h4-6,17H,1-3,7-9,15H2,(H2,16,20). The zero-order chi connectivity index (χ0) is 14.5. The Hall–Kier alpha value is -2.24. The lowest BCUT2D eigenvalue weighted by Gasteiger charge is -2.27. The predicted octanol–water partition coefficient (Wildman–Crippen LogP) is 0.792. The molecule has 0 atom stereocenters. The highest BCUT2D eigenvalue weighted by Gasteiger charge is 2.17. The van der Waals surface area contributed by atoms with Crippen LogP contribution in [-0.2, 0) is 4.79 Å². The molecule has 6 heteroatoms. The fourth-order valence-electron chi connectivity index (χ4n) is 2.39. The molecule has 1 aromatic rings. The molecular weight excluding hydrogens is 256 g/mol. The SMILES string of the molecule is NC(=O)c1cccc(N)c1NCC(=O)N1CCCCC1. The van der Waals surface area contributed by atoms with Crippen molar-refractivity contribution in [1.29, 1.82) is 0 Å². The second-order valence-corrected chi connectivity index (χ2v) is 4.93. The molecule has 1 aliphatic rings. The van der Waals surface area contributed by atoms with E-state index in [1.165, 1.54) is 6.42 Å². The topological polar surface area (TPSA) is 101 Å². The number of primary amides is 1. The average Bonchev–Trinajstić information content (AvgIpc) is 2.46. The zero-order valence-corrected chi connectivity index (χ0v) is 11.4. The number of nitrogens with one attached hydrogen (secondary N) is 1. The number of nitrogens with zero attached hydrogens (tertiary/aromatic N) is 1. The number of carbonyl (C=O) groups is 2. The molecule has 1 aliphatic heterocycles. The largest absolute Gasteiger partial charge is 0.397 e. The number of benzene rings is 1. The molecule has 0 aromatic heterocycles. The minimum Gasteiger partial charge on any atom is -0.397 e. The van der Waals surface area contributed by atoms with Crippen molar-refractivity contribution >= 4 is 23.2 Å². The number of nitrogen functional groups attached to an aromatic ring is 1. The summed E-state index contributed by atoms with van der Waals surface area (Å²) in [7, 11) is 0. The van der Waals surface area contributed by atoms with Gasteiger partial charge in [0.2, 0.25) is 5.91 Å². The molecule has 5 N–H and O–H groups in total. The van der Waals surface area contributed by atoms with Gasteiger partial charge < -0.3 is 21.7 Å². The molecule has 20 heavy (non-hydrogen) atoms. The van der Waals surface area contributed by atoms with Crippen LogP contribution in [0.3, 0.4) is 0 Å². The number of nitrogens with two attached hydrogens (primary N) is 2. The molecule has 0 bridgehead atoms. The van der Waals surface area contributed by atoms with Crippen molar-refractivity contribution in [1.82, 2.24) is 4.90 Å². The molecule has 2 amide bonds. The molecular formula is C14H20N4O2. The van der Waals surface area contributed by atoms with E-state index in [4.69, 9.17) is 11.5 Å². The molecule has 108 valence electrons. The van der Waals surface area contributed by atoms with E-state index in [2.05, 4.69) is 5.32 Å². The van der Waals surface area contributed by atoms with Gasteiger partial charge in [-0.1, -0.05) is 6.07 Å². The van der Waals surface area contributed by atoms with Crippen LogP contribution in [0.25, 0.3) is 0 Å². The summed E-state index contributed by atoms with van der Waals surface area (Å²) >= 11 is 0. The fourth-order valence-corrected chi connectivity index (χ4v) is 2.39. The first-order valence-corrected chi connectivity index (χ1v) is 6.79.